The topological polar surface area (TPSA) is 253 Å². The average Bonchev–Trinajstić information content (AvgIpc) is 3.66. The highest BCUT2D eigenvalue weighted by atomic mass is 16.2. The summed E-state index contributed by atoms with van der Waals surface area (Å²) in [4.78, 5) is 76.8. The number of aliphatic imine (C=N–C) groups is 1. The lowest BCUT2D eigenvalue weighted by molar-refractivity contribution is -0.134. The number of hydrogen-bond donors (Lipinski definition) is 8. The Hall–Kier alpha value is -6.51. The lowest BCUT2D eigenvalue weighted by Crippen LogP contribution is -2.59. The number of benzene rings is 3. The molecule has 0 aliphatic carbocycles. The van der Waals surface area contributed by atoms with E-state index in [9.17, 15) is 24.0 Å². The van der Waals surface area contributed by atoms with Gasteiger partial charge in [-0.15, -0.1) is 0 Å². The van der Waals surface area contributed by atoms with Crippen molar-refractivity contribution < 1.29 is 24.0 Å². The molecule has 15 heteroatoms. The van der Waals surface area contributed by atoms with Gasteiger partial charge in [-0.1, -0.05) is 84.9 Å². The highest BCUT2D eigenvalue weighted by molar-refractivity contribution is 5.95. The first-order valence-corrected chi connectivity index (χ1v) is 17.2. The number of nitrogens with two attached hydrogens (primary N) is 3. The number of aromatic amines is 1. The monoisotopic (exact) mass is 722 g/mol. The van der Waals surface area contributed by atoms with Gasteiger partial charge in [0.2, 0.25) is 29.5 Å². The Labute approximate surface area is 307 Å². The van der Waals surface area contributed by atoms with E-state index in [1.165, 1.54) is 19.4 Å². The van der Waals surface area contributed by atoms with E-state index in [-0.39, 0.29) is 38.2 Å². The summed E-state index contributed by atoms with van der Waals surface area (Å²) in [6.45, 7) is 1.46. The van der Waals surface area contributed by atoms with Gasteiger partial charge in [-0.2, -0.15) is 0 Å². The van der Waals surface area contributed by atoms with Gasteiger partial charge in [0.15, 0.2) is 5.96 Å². The molecular formula is C38H46N10O5. The van der Waals surface area contributed by atoms with Crippen molar-refractivity contribution in [2.24, 2.45) is 22.2 Å². The maximum Gasteiger partial charge on any atom is 0.243 e. The first-order chi connectivity index (χ1) is 25.5. The first-order valence-electron chi connectivity index (χ1n) is 17.2. The van der Waals surface area contributed by atoms with Crippen LogP contribution in [-0.2, 0) is 43.2 Å². The minimum atomic E-state index is -1.16. The van der Waals surface area contributed by atoms with Crippen molar-refractivity contribution in [3.05, 3.63) is 114 Å². The Morgan fingerprint density at radius 2 is 1.19 bits per heavy atom. The van der Waals surface area contributed by atoms with Crippen LogP contribution in [0.15, 0.2) is 102 Å². The van der Waals surface area contributed by atoms with Gasteiger partial charge in [0.1, 0.15) is 24.2 Å². The lowest BCUT2D eigenvalue weighted by Gasteiger charge is -2.26. The van der Waals surface area contributed by atoms with Gasteiger partial charge < -0.3 is 43.5 Å². The molecule has 1 heterocycles. The van der Waals surface area contributed by atoms with Crippen LogP contribution in [0.25, 0.3) is 11.1 Å². The zero-order chi connectivity index (χ0) is 38.2. The molecule has 4 aromatic rings. The van der Waals surface area contributed by atoms with Crippen LogP contribution in [0.1, 0.15) is 36.6 Å². The lowest BCUT2D eigenvalue weighted by atomic mass is 10.00. The number of nitrogens with zero attached hydrogens (tertiary/aromatic N) is 2. The maximum atomic E-state index is 14.0. The molecule has 53 heavy (non-hydrogen) atoms. The van der Waals surface area contributed by atoms with Crippen molar-refractivity contribution in [3.8, 4) is 11.1 Å². The summed E-state index contributed by atoms with van der Waals surface area (Å²) in [5.41, 5.74) is 20.8. The van der Waals surface area contributed by atoms with E-state index >= 15 is 0 Å². The van der Waals surface area contributed by atoms with Crippen LogP contribution in [-0.4, -0.2) is 76.2 Å². The van der Waals surface area contributed by atoms with E-state index in [0.29, 0.717) is 12.1 Å². The smallest absolute Gasteiger partial charge is 0.243 e. The number of guanidine groups is 1. The predicted octanol–water partition coefficient (Wildman–Crippen LogP) is 0.603. The van der Waals surface area contributed by atoms with Crippen molar-refractivity contribution in [1.29, 1.82) is 0 Å². The Bertz CT molecular complexity index is 1830. The third-order valence-corrected chi connectivity index (χ3v) is 8.33. The molecule has 4 rings (SSSR count). The van der Waals surface area contributed by atoms with Gasteiger partial charge in [0.25, 0.3) is 0 Å². The number of aromatic nitrogens is 2. The zero-order valence-electron chi connectivity index (χ0n) is 29.5. The summed E-state index contributed by atoms with van der Waals surface area (Å²) in [6.07, 6.45) is 3.63. The van der Waals surface area contributed by atoms with Crippen LogP contribution in [0.3, 0.4) is 0 Å². The summed E-state index contributed by atoms with van der Waals surface area (Å²) >= 11 is 0. The van der Waals surface area contributed by atoms with Gasteiger partial charge in [-0.3, -0.25) is 29.0 Å². The average molecular weight is 723 g/mol. The van der Waals surface area contributed by atoms with Crippen LogP contribution < -0.4 is 38.5 Å². The summed E-state index contributed by atoms with van der Waals surface area (Å²) in [7, 11) is 0. The summed E-state index contributed by atoms with van der Waals surface area (Å²) in [5, 5.41) is 10.8. The van der Waals surface area contributed by atoms with Crippen molar-refractivity contribution in [3.63, 3.8) is 0 Å². The molecule has 0 bridgehead atoms. The second-order valence-electron chi connectivity index (χ2n) is 12.5. The standard InChI is InChI=1S/C38H46N10O5/c1-24(49)45-33(21-29-22-42-23-44-29)37(53)48-32(20-25-9-4-2-5-10-25)36(52)46-30(13-8-18-43-38(40)41)35(51)47-31(34(39)50)19-26-14-16-28(17-15-26)27-11-6-3-7-12-27/h2-7,9-12,14-17,22-23,30-33H,8,13,18-21H2,1H3,(H2,39,50)(H,42,44)(H,45,49)(H,46,52)(H,47,51)(H,48,53)(H4,40,41,43)/t30-,31+,32+,33-/m0/s1. The molecule has 4 atom stereocenters. The van der Waals surface area contributed by atoms with Gasteiger partial charge in [0.05, 0.1) is 6.33 Å². The fraction of sp³-hybridized carbons (Fsp3) is 0.289. The van der Waals surface area contributed by atoms with E-state index in [0.717, 1.165) is 22.3 Å². The second-order valence-corrected chi connectivity index (χ2v) is 12.5. The van der Waals surface area contributed by atoms with Crippen LogP contribution in [0.2, 0.25) is 0 Å². The Morgan fingerprint density at radius 1 is 0.660 bits per heavy atom. The number of carbonyl (C=O) groups excluding carboxylic acids is 5. The maximum absolute atomic E-state index is 14.0. The molecule has 278 valence electrons. The predicted molar refractivity (Wildman–Crippen MR) is 201 cm³/mol. The number of rotatable bonds is 19. The fourth-order valence-corrected chi connectivity index (χ4v) is 5.64. The number of amides is 5. The normalized spacial score (nSPS) is 13.0. The van der Waals surface area contributed by atoms with Crippen molar-refractivity contribution in [2.75, 3.05) is 6.54 Å². The third-order valence-electron chi connectivity index (χ3n) is 8.33. The number of carbonyl (C=O) groups is 5. The minimum absolute atomic E-state index is 0.0699. The van der Waals surface area contributed by atoms with Crippen molar-refractivity contribution >= 4 is 35.5 Å². The molecule has 11 N–H and O–H groups in total. The molecule has 0 unspecified atom stereocenters. The minimum Gasteiger partial charge on any atom is -0.370 e. The van der Waals surface area contributed by atoms with Crippen molar-refractivity contribution in [1.82, 2.24) is 31.2 Å². The Balaban J connectivity index is 1.53. The van der Waals surface area contributed by atoms with Gasteiger partial charge in [0, 0.05) is 44.6 Å². The van der Waals surface area contributed by atoms with Gasteiger partial charge in [-0.05, 0) is 35.1 Å². The summed E-state index contributed by atoms with van der Waals surface area (Å²) in [6, 6.07) is 21.9. The number of nitrogens with one attached hydrogen (secondary N) is 5. The fourth-order valence-electron chi connectivity index (χ4n) is 5.64. The summed E-state index contributed by atoms with van der Waals surface area (Å²) in [5.74, 6) is -3.27. The number of hydrogen-bond acceptors (Lipinski definition) is 7. The van der Waals surface area contributed by atoms with Crippen LogP contribution >= 0.6 is 0 Å². The van der Waals surface area contributed by atoms with Crippen LogP contribution in [0.4, 0.5) is 0 Å². The van der Waals surface area contributed by atoms with E-state index in [2.05, 4.69) is 36.2 Å². The number of H-pyrrole nitrogens is 1. The molecule has 15 nitrogen and oxygen atoms in total. The van der Waals surface area contributed by atoms with Crippen molar-refractivity contribution in [2.45, 2.75) is 63.2 Å². The molecule has 1 aromatic heterocycles. The highest BCUT2D eigenvalue weighted by Gasteiger charge is 2.31. The summed E-state index contributed by atoms with van der Waals surface area (Å²) < 4.78 is 0. The Kier molecular flexibility index (Phi) is 14.7. The molecule has 0 saturated carbocycles. The van der Waals surface area contributed by atoms with Crippen LogP contribution in [0, 0.1) is 0 Å². The largest absolute Gasteiger partial charge is 0.370 e. The zero-order valence-corrected chi connectivity index (χ0v) is 29.5. The van der Waals surface area contributed by atoms with E-state index in [4.69, 9.17) is 17.2 Å². The molecule has 0 fully saturated rings. The van der Waals surface area contributed by atoms with Crippen LogP contribution in [0.5, 0.6) is 0 Å². The molecule has 0 saturated heterocycles. The molecular weight excluding hydrogens is 676 g/mol. The molecule has 3 aromatic carbocycles. The van der Waals surface area contributed by atoms with E-state index < -0.39 is 53.7 Å². The first kappa shape index (κ1) is 39.3. The molecule has 0 aliphatic rings. The van der Waals surface area contributed by atoms with E-state index in [1.807, 2.05) is 60.7 Å². The second kappa shape index (κ2) is 19.8. The molecule has 0 spiro atoms. The highest BCUT2D eigenvalue weighted by Crippen LogP contribution is 2.20. The van der Waals surface area contributed by atoms with Gasteiger partial charge >= 0.3 is 0 Å². The quantitative estimate of drug-likeness (QED) is 0.0386. The third kappa shape index (κ3) is 13.0. The van der Waals surface area contributed by atoms with E-state index in [1.54, 1.807) is 24.3 Å². The molecule has 0 radical (unpaired) electrons. The Morgan fingerprint density at radius 3 is 1.77 bits per heavy atom. The van der Waals surface area contributed by atoms with Gasteiger partial charge in [-0.25, -0.2) is 4.98 Å². The number of imidazole rings is 1. The molecule has 0 aliphatic heterocycles. The SMILES string of the molecule is CC(=O)N[C@@H](Cc1cnc[nH]1)C(=O)N[C@H](Cc1ccccc1)C(=O)N[C@@H](CCCN=C(N)N)C(=O)N[C@H](Cc1ccc(-c2ccccc2)cc1)C(N)=O. The number of primary amides is 1. The molecule has 5 amide bonds.